The van der Waals surface area contributed by atoms with Crippen LogP contribution in [0, 0.1) is 6.92 Å². The van der Waals surface area contributed by atoms with Crippen LogP contribution in [-0.2, 0) is 6.54 Å². The van der Waals surface area contributed by atoms with Gasteiger partial charge >= 0.3 is 0 Å². The Labute approximate surface area is 181 Å². The number of benzene rings is 1. The number of fused-ring (bicyclic) bond motifs is 1. The highest BCUT2D eigenvalue weighted by atomic mass is 32.2. The van der Waals surface area contributed by atoms with Crippen LogP contribution in [0.2, 0.25) is 0 Å². The van der Waals surface area contributed by atoms with Crippen molar-refractivity contribution in [3.05, 3.63) is 24.0 Å². The Morgan fingerprint density at radius 1 is 1.10 bits per heavy atom. The molecule has 0 atom stereocenters. The Kier molecular flexibility index (Phi) is 7.75. The fourth-order valence-electron chi connectivity index (χ4n) is 3.17. The molecule has 1 aromatic carbocycles. The Bertz CT molecular complexity index is 991. The number of hydrogen-bond donors (Lipinski definition) is 2. The van der Waals surface area contributed by atoms with E-state index in [-0.39, 0.29) is 0 Å². The summed E-state index contributed by atoms with van der Waals surface area (Å²) in [6, 6.07) is 3.98. The van der Waals surface area contributed by atoms with E-state index in [2.05, 4.69) is 39.0 Å². The number of imidazole rings is 1. The van der Waals surface area contributed by atoms with Gasteiger partial charge in [-0.15, -0.1) is 0 Å². The van der Waals surface area contributed by atoms with Gasteiger partial charge in [-0.25, -0.2) is 15.0 Å². The van der Waals surface area contributed by atoms with Gasteiger partial charge in [0.2, 0.25) is 0 Å². The molecule has 0 radical (unpaired) electrons. The molecule has 0 saturated heterocycles. The second-order valence-electron chi connectivity index (χ2n) is 6.87. The molecule has 0 saturated carbocycles. The Morgan fingerprint density at radius 2 is 1.87 bits per heavy atom. The van der Waals surface area contributed by atoms with E-state index in [0.717, 1.165) is 58.0 Å². The number of rotatable bonds is 11. The molecular weight excluding hydrogens is 400 g/mol. The molecule has 0 fully saturated rings. The number of nitrogens with zero attached hydrogens (tertiary/aromatic N) is 4. The summed E-state index contributed by atoms with van der Waals surface area (Å²) >= 11 is 1.60. The zero-order valence-electron chi connectivity index (χ0n) is 18.3. The Balaban J connectivity index is 1.97. The SMILES string of the molecule is CCCCNCCn1c(Sc2cc(OC)c(OC)cc2C)nc2c(NC)ncnc21. The maximum Gasteiger partial charge on any atom is 0.175 e. The highest BCUT2D eigenvalue weighted by Crippen LogP contribution is 2.38. The molecule has 0 amide bonds. The number of hydrogen-bond acceptors (Lipinski definition) is 8. The third kappa shape index (κ3) is 4.79. The zero-order chi connectivity index (χ0) is 21.5. The van der Waals surface area contributed by atoms with E-state index in [1.807, 2.05) is 19.2 Å². The number of unbranched alkanes of at least 4 members (excludes halogenated alkanes) is 1. The van der Waals surface area contributed by atoms with Crippen molar-refractivity contribution in [3.8, 4) is 11.5 Å². The molecule has 0 aliphatic heterocycles. The number of aromatic nitrogens is 4. The number of aryl methyl sites for hydroxylation is 1. The van der Waals surface area contributed by atoms with Crippen molar-refractivity contribution in [1.29, 1.82) is 0 Å². The van der Waals surface area contributed by atoms with E-state index in [0.29, 0.717) is 5.75 Å². The van der Waals surface area contributed by atoms with E-state index in [4.69, 9.17) is 14.5 Å². The summed E-state index contributed by atoms with van der Waals surface area (Å²) in [4.78, 5) is 14.8. The summed E-state index contributed by atoms with van der Waals surface area (Å²) in [5, 5.41) is 7.48. The smallest absolute Gasteiger partial charge is 0.175 e. The summed E-state index contributed by atoms with van der Waals surface area (Å²) in [5.74, 6) is 2.14. The van der Waals surface area contributed by atoms with Gasteiger partial charge in [-0.3, -0.25) is 0 Å². The molecule has 3 rings (SSSR count). The standard InChI is InChI=1S/C21H30N6O2S/c1-6-7-8-23-9-10-27-20-18(19(22-3)24-13-25-20)26-21(27)30-17-12-16(29-5)15(28-4)11-14(17)2/h11-13,23H,6-10H2,1-5H3,(H,22,24,25). The minimum atomic E-state index is 0.699. The molecule has 0 aliphatic carbocycles. The van der Waals surface area contributed by atoms with Crippen molar-refractivity contribution in [2.75, 3.05) is 39.7 Å². The Morgan fingerprint density at radius 3 is 2.57 bits per heavy atom. The molecule has 0 aliphatic rings. The van der Waals surface area contributed by atoms with Gasteiger partial charge in [0.1, 0.15) is 6.33 Å². The van der Waals surface area contributed by atoms with E-state index >= 15 is 0 Å². The number of ether oxygens (including phenoxy) is 2. The van der Waals surface area contributed by atoms with Crippen LogP contribution >= 0.6 is 11.8 Å². The van der Waals surface area contributed by atoms with Crippen LogP contribution in [0.3, 0.4) is 0 Å². The van der Waals surface area contributed by atoms with Gasteiger partial charge in [0.25, 0.3) is 0 Å². The molecule has 30 heavy (non-hydrogen) atoms. The van der Waals surface area contributed by atoms with Crippen LogP contribution in [0.1, 0.15) is 25.3 Å². The molecule has 0 bridgehead atoms. The first-order valence-corrected chi connectivity index (χ1v) is 10.9. The second kappa shape index (κ2) is 10.5. The first-order valence-electron chi connectivity index (χ1n) is 10.1. The predicted molar refractivity (Wildman–Crippen MR) is 121 cm³/mol. The third-order valence-corrected chi connectivity index (χ3v) is 5.99. The lowest BCUT2D eigenvalue weighted by Gasteiger charge is -2.13. The van der Waals surface area contributed by atoms with Gasteiger partial charge in [-0.2, -0.15) is 0 Å². The minimum absolute atomic E-state index is 0.699. The van der Waals surface area contributed by atoms with Crippen molar-refractivity contribution < 1.29 is 9.47 Å². The first kappa shape index (κ1) is 22.2. The van der Waals surface area contributed by atoms with Crippen LogP contribution in [-0.4, -0.2) is 53.9 Å². The highest BCUT2D eigenvalue weighted by molar-refractivity contribution is 7.99. The summed E-state index contributed by atoms with van der Waals surface area (Å²) in [6.45, 7) is 6.89. The van der Waals surface area contributed by atoms with Crippen molar-refractivity contribution in [3.63, 3.8) is 0 Å². The van der Waals surface area contributed by atoms with Crippen LogP contribution < -0.4 is 20.1 Å². The highest BCUT2D eigenvalue weighted by Gasteiger charge is 2.18. The topological polar surface area (TPSA) is 86.1 Å². The summed E-state index contributed by atoms with van der Waals surface area (Å²) in [7, 11) is 5.14. The normalized spacial score (nSPS) is 11.1. The third-order valence-electron chi connectivity index (χ3n) is 4.84. The van der Waals surface area contributed by atoms with Crippen LogP contribution in [0.4, 0.5) is 5.82 Å². The molecular formula is C21H30N6O2S. The summed E-state index contributed by atoms with van der Waals surface area (Å²) < 4.78 is 13.1. The molecule has 0 unspecified atom stereocenters. The van der Waals surface area contributed by atoms with Gasteiger partial charge in [0, 0.05) is 25.0 Å². The summed E-state index contributed by atoms with van der Waals surface area (Å²) in [6.07, 6.45) is 3.93. The number of nitrogens with one attached hydrogen (secondary N) is 2. The van der Waals surface area contributed by atoms with Crippen LogP contribution in [0.5, 0.6) is 11.5 Å². The largest absolute Gasteiger partial charge is 0.493 e. The van der Waals surface area contributed by atoms with Crippen molar-refractivity contribution in [2.24, 2.45) is 0 Å². The molecule has 2 aromatic heterocycles. The second-order valence-corrected chi connectivity index (χ2v) is 7.88. The molecule has 2 N–H and O–H groups in total. The van der Waals surface area contributed by atoms with Gasteiger partial charge in [-0.1, -0.05) is 25.1 Å². The maximum absolute atomic E-state index is 5.49. The fourth-order valence-corrected chi connectivity index (χ4v) is 4.17. The summed E-state index contributed by atoms with van der Waals surface area (Å²) in [5.41, 5.74) is 2.69. The maximum atomic E-state index is 5.49. The van der Waals surface area contributed by atoms with Crippen molar-refractivity contribution in [1.82, 2.24) is 24.8 Å². The monoisotopic (exact) mass is 430 g/mol. The molecule has 2 heterocycles. The van der Waals surface area contributed by atoms with Gasteiger partial charge < -0.3 is 24.7 Å². The lowest BCUT2D eigenvalue weighted by molar-refractivity contribution is 0.353. The average Bonchev–Trinajstić information content (AvgIpc) is 3.11. The van der Waals surface area contributed by atoms with Crippen molar-refractivity contribution in [2.45, 2.75) is 43.3 Å². The molecule has 162 valence electrons. The minimum Gasteiger partial charge on any atom is -0.493 e. The predicted octanol–water partition coefficient (Wildman–Crippen LogP) is 3.73. The van der Waals surface area contributed by atoms with E-state index in [1.165, 1.54) is 12.8 Å². The number of methoxy groups -OCH3 is 2. The molecule has 0 spiro atoms. The molecule has 9 heteroatoms. The van der Waals surface area contributed by atoms with E-state index in [9.17, 15) is 0 Å². The average molecular weight is 431 g/mol. The lowest BCUT2D eigenvalue weighted by atomic mass is 10.2. The molecule has 3 aromatic rings. The molecule has 8 nitrogen and oxygen atoms in total. The number of anilines is 1. The van der Waals surface area contributed by atoms with E-state index in [1.54, 1.807) is 32.3 Å². The van der Waals surface area contributed by atoms with Crippen LogP contribution in [0.15, 0.2) is 28.5 Å². The fraction of sp³-hybridized carbons (Fsp3) is 0.476. The Hall–Kier alpha value is -2.52. The van der Waals surface area contributed by atoms with Gasteiger partial charge in [0.05, 0.1) is 14.2 Å². The van der Waals surface area contributed by atoms with E-state index < -0.39 is 0 Å². The quantitative estimate of drug-likeness (QED) is 0.445. The van der Waals surface area contributed by atoms with Gasteiger partial charge in [-0.05, 0) is 37.6 Å². The van der Waals surface area contributed by atoms with Crippen LogP contribution in [0.25, 0.3) is 11.2 Å². The lowest BCUT2D eigenvalue weighted by Crippen LogP contribution is -2.21. The first-order chi connectivity index (χ1) is 14.6. The van der Waals surface area contributed by atoms with Gasteiger partial charge in [0.15, 0.2) is 33.6 Å². The zero-order valence-corrected chi connectivity index (χ0v) is 19.1. The van der Waals surface area contributed by atoms with Crippen molar-refractivity contribution >= 4 is 28.7 Å².